The lowest BCUT2D eigenvalue weighted by molar-refractivity contribution is -0.181. The molecule has 0 radical (unpaired) electrons. The molecule has 2 atom stereocenters. The van der Waals surface area contributed by atoms with E-state index < -0.39 is 36.4 Å². The van der Waals surface area contributed by atoms with E-state index in [9.17, 15) is 26.3 Å². The van der Waals surface area contributed by atoms with Crippen molar-refractivity contribution < 1.29 is 31.1 Å². The van der Waals surface area contributed by atoms with Crippen molar-refractivity contribution in [3.63, 3.8) is 0 Å². The zero-order chi connectivity index (χ0) is 18.7. The zero-order valence-corrected chi connectivity index (χ0v) is 13.1. The SMILES string of the molecule is N#CC[C@@H](CN1CCO[C@@H](c2cccc(C(F)(F)F)c2)C1)C(F)(F)F. The molecule has 0 aliphatic carbocycles. The first-order valence-electron chi connectivity index (χ1n) is 7.56. The number of halogens is 6. The summed E-state index contributed by atoms with van der Waals surface area (Å²) in [6.07, 6.45) is -10.4. The Balaban J connectivity index is 2.09. The molecule has 1 aromatic rings. The lowest BCUT2D eigenvalue weighted by atomic mass is 10.0. The van der Waals surface area contributed by atoms with Gasteiger partial charge in [-0.2, -0.15) is 31.6 Å². The van der Waals surface area contributed by atoms with Gasteiger partial charge in [0.2, 0.25) is 0 Å². The van der Waals surface area contributed by atoms with Crippen molar-refractivity contribution in [2.24, 2.45) is 5.92 Å². The molecular formula is C16H16F6N2O. The molecule has 1 aliphatic heterocycles. The number of morpholine rings is 1. The fourth-order valence-electron chi connectivity index (χ4n) is 2.69. The fourth-order valence-corrected chi connectivity index (χ4v) is 2.69. The van der Waals surface area contributed by atoms with E-state index in [1.807, 2.05) is 0 Å². The molecule has 0 spiro atoms. The number of ether oxygens (including phenoxy) is 1. The first-order valence-corrected chi connectivity index (χ1v) is 7.56. The van der Waals surface area contributed by atoms with Gasteiger partial charge in [-0.05, 0) is 17.7 Å². The fraction of sp³-hybridized carbons (Fsp3) is 0.562. The van der Waals surface area contributed by atoms with Crippen LogP contribution < -0.4 is 0 Å². The zero-order valence-electron chi connectivity index (χ0n) is 13.1. The quantitative estimate of drug-likeness (QED) is 0.751. The summed E-state index contributed by atoms with van der Waals surface area (Å²) in [4.78, 5) is 1.48. The van der Waals surface area contributed by atoms with Gasteiger partial charge >= 0.3 is 12.4 Å². The number of rotatable bonds is 4. The minimum atomic E-state index is -4.50. The van der Waals surface area contributed by atoms with Crippen molar-refractivity contribution in [1.29, 1.82) is 5.26 Å². The van der Waals surface area contributed by atoms with Crippen LogP contribution in [0.2, 0.25) is 0 Å². The van der Waals surface area contributed by atoms with E-state index in [2.05, 4.69) is 0 Å². The van der Waals surface area contributed by atoms with Gasteiger partial charge < -0.3 is 4.74 Å². The molecule has 0 saturated carbocycles. The highest BCUT2D eigenvalue weighted by Gasteiger charge is 2.41. The highest BCUT2D eigenvalue weighted by Crippen LogP contribution is 2.33. The third-order valence-corrected chi connectivity index (χ3v) is 4.02. The van der Waals surface area contributed by atoms with Crippen molar-refractivity contribution in [2.45, 2.75) is 24.9 Å². The largest absolute Gasteiger partial charge is 0.416 e. The Hall–Kier alpha value is -1.79. The van der Waals surface area contributed by atoms with Crippen molar-refractivity contribution in [1.82, 2.24) is 4.90 Å². The van der Waals surface area contributed by atoms with Crippen LogP contribution in [0.15, 0.2) is 24.3 Å². The van der Waals surface area contributed by atoms with Crippen LogP contribution in [0.3, 0.4) is 0 Å². The number of hydrogen-bond donors (Lipinski definition) is 0. The standard InChI is InChI=1S/C16H16F6N2O/c17-15(18,19)12-3-1-2-11(8-12)14-10-24(6-7-25-14)9-13(4-5-23)16(20,21)22/h1-3,8,13-14H,4,6-7,9-10H2/t13-,14+/m0/s1. The Labute approximate surface area is 140 Å². The van der Waals surface area contributed by atoms with E-state index >= 15 is 0 Å². The molecule has 9 heteroatoms. The van der Waals surface area contributed by atoms with Crippen LogP contribution in [0.5, 0.6) is 0 Å². The molecule has 3 nitrogen and oxygen atoms in total. The van der Waals surface area contributed by atoms with E-state index in [0.717, 1.165) is 12.1 Å². The molecule has 0 bridgehead atoms. The second-order valence-electron chi connectivity index (χ2n) is 5.84. The molecule has 0 unspecified atom stereocenters. The number of nitrogens with zero attached hydrogens (tertiary/aromatic N) is 2. The van der Waals surface area contributed by atoms with Gasteiger partial charge in [-0.3, -0.25) is 4.90 Å². The molecule has 1 heterocycles. The maximum atomic E-state index is 12.9. The van der Waals surface area contributed by atoms with E-state index in [1.54, 1.807) is 0 Å². The minimum Gasteiger partial charge on any atom is -0.371 e. The summed E-state index contributed by atoms with van der Waals surface area (Å²) in [5, 5.41) is 8.57. The van der Waals surface area contributed by atoms with E-state index in [4.69, 9.17) is 10.00 Å². The first-order chi connectivity index (χ1) is 11.6. The number of hydrogen-bond acceptors (Lipinski definition) is 3. The second-order valence-corrected chi connectivity index (χ2v) is 5.84. The Morgan fingerprint density at radius 1 is 1.24 bits per heavy atom. The maximum Gasteiger partial charge on any atom is 0.416 e. The summed E-state index contributed by atoms with van der Waals surface area (Å²) in [5.41, 5.74) is -0.563. The minimum absolute atomic E-state index is 0.0410. The molecule has 2 rings (SSSR count). The molecule has 1 aromatic carbocycles. The summed E-state index contributed by atoms with van der Waals surface area (Å²) in [6.45, 7) is 0.000708. The second kappa shape index (κ2) is 7.62. The van der Waals surface area contributed by atoms with E-state index in [-0.39, 0.29) is 31.8 Å². The molecule has 1 fully saturated rings. The molecule has 25 heavy (non-hydrogen) atoms. The van der Waals surface area contributed by atoms with Crippen LogP contribution in [-0.2, 0) is 10.9 Å². The van der Waals surface area contributed by atoms with Crippen molar-refractivity contribution in [2.75, 3.05) is 26.2 Å². The van der Waals surface area contributed by atoms with Crippen molar-refractivity contribution in [3.8, 4) is 6.07 Å². The summed E-state index contributed by atoms with van der Waals surface area (Å²) in [7, 11) is 0. The Morgan fingerprint density at radius 3 is 2.56 bits per heavy atom. The monoisotopic (exact) mass is 366 g/mol. The van der Waals surface area contributed by atoms with Crippen LogP contribution >= 0.6 is 0 Å². The van der Waals surface area contributed by atoms with E-state index in [0.29, 0.717) is 0 Å². The van der Waals surface area contributed by atoms with Gasteiger partial charge in [0.15, 0.2) is 0 Å². The lowest BCUT2D eigenvalue weighted by Crippen LogP contribution is -2.43. The van der Waals surface area contributed by atoms with Gasteiger partial charge in [0.1, 0.15) is 0 Å². The van der Waals surface area contributed by atoms with Crippen molar-refractivity contribution in [3.05, 3.63) is 35.4 Å². The van der Waals surface area contributed by atoms with Crippen molar-refractivity contribution >= 4 is 0 Å². The average Bonchev–Trinajstić information content (AvgIpc) is 2.53. The van der Waals surface area contributed by atoms with Gasteiger partial charge in [0, 0.05) is 26.1 Å². The smallest absolute Gasteiger partial charge is 0.371 e. The Bertz CT molecular complexity index is 622. The Morgan fingerprint density at radius 2 is 1.96 bits per heavy atom. The molecule has 0 amide bonds. The average molecular weight is 366 g/mol. The normalized spacial score (nSPS) is 20.9. The molecule has 0 N–H and O–H groups in total. The molecular weight excluding hydrogens is 350 g/mol. The maximum absolute atomic E-state index is 12.9. The summed E-state index contributed by atoms with van der Waals surface area (Å²) >= 11 is 0. The van der Waals surface area contributed by atoms with Crippen LogP contribution in [0, 0.1) is 17.2 Å². The molecule has 1 aliphatic rings. The number of benzene rings is 1. The predicted octanol–water partition coefficient (Wildman–Crippen LogP) is 4.17. The number of alkyl halides is 6. The summed E-state index contributed by atoms with van der Waals surface area (Å²) in [5.74, 6) is -1.79. The highest BCUT2D eigenvalue weighted by atomic mass is 19.4. The van der Waals surface area contributed by atoms with Crippen LogP contribution in [0.4, 0.5) is 26.3 Å². The molecule has 138 valence electrons. The van der Waals surface area contributed by atoms with E-state index in [1.165, 1.54) is 23.1 Å². The first kappa shape index (κ1) is 19.5. The summed E-state index contributed by atoms with van der Waals surface area (Å²) in [6, 6.07) is 6.11. The highest BCUT2D eigenvalue weighted by molar-refractivity contribution is 5.27. The van der Waals surface area contributed by atoms with Gasteiger partial charge in [0.25, 0.3) is 0 Å². The molecule has 0 aromatic heterocycles. The van der Waals surface area contributed by atoms with Crippen LogP contribution in [-0.4, -0.2) is 37.3 Å². The summed E-state index contributed by atoms with van der Waals surface area (Å²) < 4.78 is 82.6. The van der Waals surface area contributed by atoms with Gasteiger partial charge in [0.05, 0.1) is 30.3 Å². The topological polar surface area (TPSA) is 36.3 Å². The number of nitriles is 1. The van der Waals surface area contributed by atoms with Gasteiger partial charge in [-0.1, -0.05) is 12.1 Å². The van der Waals surface area contributed by atoms with Crippen LogP contribution in [0.1, 0.15) is 23.7 Å². The third kappa shape index (κ3) is 5.34. The van der Waals surface area contributed by atoms with Gasteiger partial charge in [-0.25, -0.2) is 0 Å². The third-order valence-electron chi connectivity index (χ3n) is 4.02. The Kier molecular flexibility index (Phi) is 5.95. The predicted molar refractivity (Wildman–Crippen MR) is 76.4 cm³/mol. The van der Waals surface area contributed by atoms with Gasteiger partial charge in [-0.15, -0.1) is 0 Å². The lowest BCUT2D eigenvalue weighted by Gasteiger charge is -2.35. The molecule has 1 saturated heterocycles. The van der Waals surface area contributed by atoms with Crippen LogP contribution in [0.25, 0.3) is 0 Å².